The lowest BCUT2D eigenvalue weighted by atomic mass is 9.86. The van der Waals surface area contributed by atoms with Gasteiger partial charge in [0.2, 0.25) is 0 Å². The van der Waals surface area contributed by atoms with E-state index in [2.05, 4.69) is 33.7 Å². The van der Waals surface area contributed by atoms with E-state index in [1.807, 2.05) is 29.5 Å². The fourth-order valence-corrected chi connectivity index (χ4v) is 6.05. The smallest absolute Gasteiger partial charge is 0.158 e. The molecule has 7 heteroatoms. The van der Waals surface area contributed by atoms with Gasteiger partial charge >= 0.3 is 0 Å². The van der Waals surface area contributed by atoms with Gasteiger partial charge in [0.05, 0.1) is 11.5 Å². The summed E-state index contributed by atoms with van der Waals surface area (Å²) < 4.78 is 6.29. The quantitative estimate of drug-likeness (QED) is 0.681. The Labute approximate surface area is 167 Å². The zero-order valence-electron chi connectivity index (χ0n) is 14.2. The monoisotopic (exact) mass is 405 g/mol. The van der Waals surface area contributed by atoms with Gasteiger partial charge in [-0.05, 0) is 44.0 Å². The SMILES string of the molecule is Cl.c1ccc(-c2nnc(-c3cc4c(s3)C3(CCNCC3)OCC4)s2)cc1. The molecule has 0 aliphatic carbocycles. The van der Waals surface area contributed by atoms with Crippen LogP contribution in [0, 0.1) is 0 Å². The molecule has 1 saturated heterocycles. The molecule has 0 atom stereocenters. The first-order valence-electron chi connectivity index (χ1n) is 8.71. The largest absolute Gasteiger partial charge is 0.369 e. The van der Waals surface area contributed by atoms with Crippen LogP contribution < -0.4 is 5.32 Å². The maximum atomic E-state index is 6.29. The van der Waals surface area contributed by atoms with Crippen molar-refractivity contribution in [1.29, 1.82) is 0 Å². The third-order valence-corrected chi connectivity index (χ3v) is 7.54. The fraction of sp³-hybridized carbons (Fsp3) is 0.368. The third-order valence-electron chi connectivity index (χ3n) is 5.04. The molecular weight excluding hydrogens is 386 g/mol. The highest BCUT2D eigenvalue weighted by Gasteiger charge is 2.40. The molecule has 1 fully saturated rings. The number of nitrogens with zero attached hydrogens (tertiary/aromatic N) is 2. The summed E-state index contributed by atoms with van der Waals surface area (Å²) in [6.07, 6.45) is 3.13. The molecule has 2 aliphatic rings. The summed E-state index contributed by atoms with van der Waals surface area (Å²) in [6, 6.07) is 12.6. The molecule has 1 aromatic carbocycles. The van der Waals surface area contributed by atoms with E-state index >= 15 is 0 Å². The maximum Gasteiger partial charge on any atom is 0.158 e. The van der Waals surface area contributed by atoms with E-state index in [4.69, 9.17) is 4.74 Å². The summed E-state index contributed by atoms with van der Waals surface area (Å²) in [7, 11) is 0. The normalized spacial score (nSPS) is 18.3. The first-order chi connectivity index (χ1) is 12.3. The summed E-state index contributed by atoms with van der Waals surface area (Å²) in [5, 5.41) is 14.3. The predicted molar refractivity (Wildman–Crippen MR) is 109 cm³/mol. The molecule has 2 aliphatic heterocycles. The number of aromatic nitrogens is 2. The van der Waals surface area contributed by atoms with E-state index in [9.17, 15) is 0 Å². The van der Waals surface area contributed by atoms with Crippen molar-refractivity contribution in [3.8, 4) is 20.5 Å². The van der Waals surface area contributed by atoms with Crippen LogP contribution in [-0.2, 0) is 16.8 Å². The van der Waals surface area contributed by atoms with Crippen molar-refractivity contribution in [1.82, 2.24) is 15.5 Å². The van der Waals surface area contributed by atoms with Crippen LogP contribution in [-0.4, -0.2) is 29.9 Å². The van der Waals surface area contributed by atoms with Crippen LogP contribution in [0.3, 0.4) is 0 Å². The van der Waals surface area contributed by atoms with Crippen LogP contribution in [0.15, 0.2) is 36.4 Å². The first-order valence-corrected chi connectivity index (χ1v) is 10.3. The molecule has 5 rings (SSSR count). The minimum Gasteiger partial charge on any atom is -0.369 e. The van der Waals surface area contributed by atoms with Crippen molar-refractivity contribution in [2.75, 3.05) is 19.7 Å². The number of rotatable bonds is 2. The van der Waals surface area contributed by atoms with Crippen LogP contribution in [0.2, 0.25) is 0 Å². The van der Waals surface area contributed by atoms with Crippen molar-refractivity contribution < 1.29 is 4.74 Å². The Kier molecular flexibility index (Phi) is 5.12. The molecule has 3 aromatic rings. The van der Waals surface area contributed by atoms with Gasteiger partial charge in [-0.25, -0.2) is 0 Å². The molecule has 2 aromatic heterocycles. The van der Waals surface area contributed by atoms with E-state index in [0.717, 1.165) is 54.5 Å². The zero-order valence-corrected chi connectivity index (χ0v) is 16.7. The standard InChI is InChI=1S/C19H19N3OS2.ClH/c1-2-4-13(5-3-1)17-21-22-18(25-17)15-12-14-6-11-23-19(16(14)24-15)7-9-20-10-8-19;/h1-5,12,20H,6-11H2;1H. The average Bonchev–Trinajstić information content (AvgIpc) is 3.31. The molecule has 4 heterocycles. The molecular formula is C19H20ClN3OS2. The van der Waals surface area contributed by atoms with Gasteiger partial charge in [0.15, 0.2) is 5.01 Å². The number of ether oxygens (including phenoxy) is 1. The average molecular weight is 406 g/mol. The van der Waals surface area contributed by atoms with Crippen molar-refractivity contribution in [2.45, 2.75) is 24.9 Å². The number of thiophene rings is 1. The topological polar surface area (TPSA) is 47.0 Å². The van der Waals surface area contributed by atoms with E-state index in [-0.39, 0.29) is 18.0 Å². The second-order valence-electron chi connectivity index (χ2n) is 6.59. The van der Waals surface area contributed by atoms with E-state index in [1.165, 1.54) is 15.3 Å². The van der Waals surface area contributed by atoms with Gasteiger partial charge in [-0.1, -0.05) is 41.7 Å². The van der Waals surface area contributed by atoms with Gasteiger partial charge in [0, 0.05) is 10.4 Å². The van der Waals surface area contributed by atoms with Crippen LogP contribution in [0.1, 0.15) is 23.3 Å². The summed E-state index contributed by atoms with van der Waals surface area (Å²) in [5.41, 5.74) is 2.50. The van der Waals surface area contributed by atoms with E-state index < -0.39 is 0 Å². The second-order valence-corrected chi connectivity index (χ2v) is 8.62. The Morgan fingerprint density at radius 2 is 1.77 bits per heavy atom. The molecule has 4 nitrogen and oxygen atoms in total. The van der Waals surface area contributed by atoms with Crippen molar-refractivity contribution >= 4 is 35.1 Å². The lowest BCUT2D eigenvalue weighted by molar-refractivity contribution is -0.0771. The third kappa shape index (κ3) is 3.10. The Bertz CT molecular complexity index is 887. The highest BCUT2D eigenvalue weighted by atomic mass is 35.5. The molecule has 0 unspecified atom stereocenters. The molecule has 1 spiro atoms. The van der Waals surface area contributed by atoms with Crippen LogP contribution in [0.25, 0.3) is 20.5 Å². The number of benzene rings is 1. The molecule has 0 amide bonds. The molecule has 1 N–H and O–H groups in total. The van der Waals surface area contributed by atoms with E-state index in [0.29, 0.717) is 0 Å². The van der Waals surface area contributed by atoms with Crippen molar-refractivity contribution in [3.05, 3.63) is 46.8 Å². The molecule has 0 radical (unpaired) electrons. The summed E-state index contributed by atoms with van der Waals surface area (Å²) in [4.78, 5) is 2.65. The van der Waals surface area contributed by atoms with Crippen molar-refractivity contribution in [3.63, 3.8) is 0 Å². The number of piperidine rings is 1. The Morgan fingerprint density at radius 3 is 2.58 bits per heavy atom. The number of hydrogen-bond donors (Lipinski definition) is 1. The van der Waals surface area contributed by atoms with Crippen LogP contribution >= 0.6 is 35.1 Å². The summed E-state index contributed by atoms with van der Waals surface area (Å²) >= 11 is 3.53. The van der Waals surface area contributed by atoms with Gasteiger partial charge < -0.3 is 10.1 Å². The summed E-state index contributed by atoms with van der Waals surface area (Å²) in [6.45, 7) is 2.89. The first kappa shape index (κ1) is 18.1. The molecule has 0 bridgehead atoms. The van der Waals surface area contributed by atoms with Gasteiger partial charge in [-0.2, -0.15) is 0 Å². The highest BCUT2D eigenvalue weighted by molar-refractivity contribution is 7.23. The van der Waals surface area contributed by atoms with Crippen LogP contribution in [0.5, 0.6) is 0 Å². The van der Waals surface area contributed by atoms with E-state index in [1.54, 1.807) is 11.3 Å². The number of nitrogens with one attached hydrogen (secondary N) is 1. The Morgan fingerprint density at radius 1 is 1.00 bits per heavy atom. The lowest BCUT2D eigenvalue weighted by Crippen LogP contribution is -2.43. The van der Waals surface area contributed by atoms with Gasteiger partial charge in [-0.3, -0.25) is 0 Å². The van der Waals surface area contributed by atoms with Gasteiger partial charge in [0.25, 0.3) is 0 Å². The highest BCUT2D eigenvalue weighted by Crippen LogP contribution is 2.47. The molecule has 26 heavy (non-hydrogen) atoms. The number of halogens is 1. The lowest BCUT2D eigenvalue weighted by Gasteiger charge is -2.40. The maximum absolute atomic E-state index is 6.29. The Hall–Kier alpha value is -1.31. The van der Waals surface area contributed by atoms with Crippen molar-refractivity contribution in [2.24, 2.45) is 0 Å². The van der Waals surface area contributed by atoms with Gasteiger partial charge in [0.1, 0.15) is 10.6 Å². The molecule has 0 saturated carbocycles. The zero-order chi connectivity index (χ0) is 16.7. The van der Waals surface area contributed by atoms with Gasteiger partial charge in [-0.15, -0.1) is 33.9 Å². The second kappa shape index (κ2) is 7.37. The predicted octanol–water partition coefficient (Wildman–Crippen LogP) is 4.51. The number of fused-ring (bicyclic) bond motifs is 2. The number of hydrogen-bond acceptors (Lipinski definition) is 6. The fourth-order valence-electron chi connectivity index (χ4n) is 3.75. The van der Waals surface area contributed by atoms with Crippen LogP contribution in [0.4, 0.5) is 0 Å². The minimum atomic E-state index is -0.0747. The minimum absolute atomic E-state index is 0. The molecule has 136 valence electrons. The summed E-state index contributed by atoms with van der Waals surface area (Å²) in [5.74, 6) is 0. The Balaban J connectivity index is 0.00000168.